The Hall–Kier alpha value is -1.31. The minimum absolute atomic E-state index is 0.0203. The monoisotopic (exact) mass is 392 g/mol. The molecule has 0 unspecified atom stereocenters. The third-order valence-corrected chi connectivity index (χ3v) is 3.05. The van der Waals surface area contributed by atoms with Crippen molar-refractivity contribution in [3.8, 4) is 0 Å². The lowest BCUT2D eigenvalue weighted by atomic mass is 10.2. The third kappa shape index (κ3) is 6.74. The van der Waals surface area contributed by atoms with E-state index in [0.717, 1.165) is 9.13 Å². The number of hydrogen-bond acceptors (Lipinski definition) is 5. The van der Waals surface area contributed by atoms with Gasteiger partial charge in [0.2, 0.25) is 0 Å². The predicted octanol–water partition coefficient (Wildman–Crippen LogP) is 3.29. The fourth-order valence-electron chi connectivity index (χ4n) is 1.42. The van der Waals surface area contributed by atoms with Crippen LogP contribution in [-0.4, -0.2) is 24.8 Å². The summed E-state index contributed by atoms with van der Waals surface area (Å²) in [5.74, 6) is -0.398. The van der Waals surface area contributed by atoms with Gasteiger partial charge in [-0.15, -0.1) is 0 Å². The molecule has 1 aromatic carbocycles. The summed E-state index contributed by atoms with van der Waals surface area (Å²) in [5.41, 5.74) is 0.875. The molecule has 20 heavy (non-hydrogen) atoms. The zero-order valence-corrected chi connectivity index (χ0v) is 13.6. The minimum Gasteiger partial charge on any atom is -0.466 e. The molecule has 1 atom stereocenters. The Morgan fingerprint density at radius 2 is 1.85 bits per heavy atom. The van der Waals surface area contributed by atoms with Gasteiger partial charge in [0.1, 0.15) is 12.7 Å². The highest BCUT2D eigenvalue weighted by atomic mass is 127. The molecule has 1 aromatic rings. The lowest BCUT2D eigenvalue weighted by Gasteiger charge is -2.12. The minimum atomic E-state index is -0.791. The van der Waals surface area contributed by atoms with Crippen molar-refractivity contribution >= 4 is 34.7 Å². The van der Waals surface area contributed by atoms with Gasteiger partial charge in [-0.2, -0.15) is 0 Å². The van der Waals surface area contributed by atoms with Crippen molar-refractivity contribution in [1.82, 2.24) is 0 Å². The van der Waals surface area contributed by atoms with E-state index in [2.05, 4.69) is 22.6 Å². The van der Waals surface area contributed by atoms with Crippen molar-refractivity contribution in [3.63, 3.8) is 0 Å². The number of rotatable bonds is 6. The fourth-order valence-corrected chi connectivity index (χ4v) is 1.78. The first kappa shape index (κ1) is 16.7. The molecule has 0 aliphatic heterocycles. The Balaban J connectivity index is 2.29. The smallest absolute Gasteiger partial charge is 0.466 e. The number of benzene rings is 1. The van der Waals surface area contributed by atoms with Gasteiger partial charge in [-0.25, -0.2) is 4.79 Å². The van der Waals surface area contributed by atoms with Crippen molar-refractivity contribution in [3.05, 3.63) is 33.4 Å². The number of halogens is 1. The van der Waals surface area contributed by atoms with E-state index in [-0.39, 0.29) is 13.0 Å². The largest absolute Gasteiger partial charge is 0.508 e. The van der Waals surface area contributed by atoms with Crippen LogP contribution in [0.25, 0.3) is 0 Å². The van der Waals surface area contributed by atoms with Gasteiger partial charge in [0.15, 0.2) is 0 Å². The lowest BCUT2D eigenvalue weighted by Crippen LogP contribution is -2.20. The zero-order valence-electron chi connectivity index (χ0n) is 11.4. The van der Waals surface area contributed by atoms with E-state index < -0.39 is 18.2 Å². The number of carbonyl (C=O) groups is 2. The summed E-state index contributed by atoms with van der Waals surface area (Å²) in [4.78, 5) is 22.6. The Bertz CT molecular complexity index is 443. The Morgan fingerprint density at radius 1 is 1.20 bits per heavy atom. The molecule has 0 radical (unpaired) electrons. The second-order valence-corrected chi connectivity index (χ2v) is 5.35. The van der Waals surface area contributed by atoms with Crippen molar-refractivity contribution < 1.29 is 23.8 Å². The highest BCUT2D eigenvalue weighted by Crippen LogP contribution is 2.09. The molecule has 0 spiro atoms. The predicted molar refractivity (Wildman–Crippen MR) is 81.1 cm³/mol. The molecular formula is C14H17IO5. The van der Waals surface area contributed by atoms with Crippen LogP contribution in [0.3, 0.4) is 0 Å². The van der Waals surface area contributed by atoms with Crippen LogP contribution >= 0.6 is 22.6 Å². The van der Waals surface area contributed by atoms with E-state index in [0.29, 0.717) is 6.61 Å². The molecule has 0 amide bonds. The summed E-state index contributed by atoms with van der Waals surface area (Å²) in [6, 6.07) is 7.59. The maximum absolute atomic E-state index is 11.4. The van der Waals surface area contributed by atoms with Crippen molar-refractivity contribution in [2.45, 2.75) is 33.0 Å². The van der Waals surface area contributed by atoms with Gasteiger partial charge < -0.3 is 14.2 Å². The highest BCUT2D eigenvalue weighted by Gasteiger charge is 2.15. The van der Waals surface area contributed by atoms with Gasteiger partial charge in [-0.3, -0.25) is 4.79 Å². The molecule has 0 aliphatic carbocycles. The average Bonchev–Trinajstić information content (AvgIpc) is 2.38. The van der Waals surface area contributed by atoms with Crippen LogP contribution in [0.1, 0.15) is 25.8 Å². The van der Waals surface area contributed by atoms with E-state index in [9.17, 15) is 9.59 Å². The summed E-state index contributed by atoms with van der Waals surface area (Å²) in [6.07, 6.45) is -1.34. The molecular weight excluding hydrogens is 375 g/mol. The Morgan fingerprint density at radius 3 is 2.45 bits per heavy atom. The highest BCUT2D eigenvalue weighted by molar-refractivity contribution is 14.1. The normalized spacial score (nSPS) is 11.6. The summed E-state index contributed by atoms with van der Waals surface area (Å²) in [6.45, 7) is 3.78. The van der Waals surface area contributed by atoms with Gasteiger partial charge >= 0.3 is 12.1 Å². The molecule has 0 heterocycles. The van der Waals surface area contributed by atoms with Crippen molar-refractivity contribution in [2.24, 2.45) is 0 Å². The summed E-state index contributed by atoms with van der Waals surface area (Å²) < 4.78 is 15.8. The quantitative estimate of drug-likeness (QED) is 0.549. The van der Waals surface area contributed by atoms with Gasteiger partial charge in [-0.1, -0.05) is 12.1 Å². The second kappa shape index (κ2) is 8.78. The van der Waals surface area contributed by atoms with E-state index in [4.69, 9.17) is 14.2 Å². The van der Waals surface area contributed by atoms with Gasteiger partial charge in [0.25, 0.3) is 0 Å². The molecule has 0 saturated carbocycles. The van der Waals surface area contributed by atoms with E-state index in [1.807, 2.05) is 24.3 Å². The fraction of sp³-hybridized carbons (Fsp3) is 0.429. The number of hydrogen-bond donors (Lipinski definition) is 0. The molecule has 110 valence electrons. The molecule has 0 aliphatic rings. The molecule has 0 bridgehead atoms. The summed E-state index contributed by atoms with van der Waals surface area (Å²) >= 11 is 2.20. The topological polar surface area (TPSA) is 61.8 Å². The summed E-state index contributed by atoms with van der Waals surface area (Å²) in [5, 5.41) is 0. The van der Waals surface area contributed by atoms with Crippen LogP contribution in [0, 0.1) is 3.57 Å². The Labute approximate surface area is 131 Å². The first-order valence-corrected chi connectivity index (χ1v) is 7.32. The van der Waals surface area contributed by atoms with Crippen molar-refractivity contribution in [2.75, 3.05) is 6.61 Å². The molecule has 0 fully saturated rings. The number of carbonyl (C=O) groups excluding carboxylic acids is 2. The standard InChI is InChI=1S/C14H17IO5/c1-3-18-13(16)8-10(2)20-14(17)19-9-11-4-6-12(15)7-5-11/h4-7,10H,3,8-9H2,1-2H3/t10-/m0/s1. The molecule has 0 N–H and O–H groups in total. The van der Waals surface area contributed by atoms with E-state index in [1.165, 1.54) is 0 Å². The molecule has 1 rings (SSSR count). The third-order valence-electron chi connectivity index (χ3n) is 2.33. The summed E-state index contributed by atoms with van der Waals surface area (Å²) in [7, 11) is 0. The molecule has 6 heteroatoms. The Kier molecular flexibility index (Phi) is 7.35. The molecule has 0 saturated heterocycles. The zero-order chi connectivity index (χ0) is 15.0. The molecule has 5 nitrogen and oxygen atoms in total. The van der Waals surface area contributed by atoms with Crippen LogP contribution in [0.5, 0.6) is 0 Å². The average molecular weight is 392 g/mol. The first-order chi connectivity index (χ1) is 9.51. The van der Waals surface area contributed by atoms with Crippen LogP contribution in [0.15, 0.2) is 24.3 Å². The van der Waals surface area contributed by atoms with Crippen LogP contribution in [0.2, 0.25) is 0 Å². The van der Waals surface area contributed by atoms with Crippen LogP contribution in [-0.2, 0) is 25.6 Å². The number of esters is 1. The lowest BCUT2D eigenvalue weighted by molar-refractivity contribution is -0.145. The first-order valence-electron chi connectivity index (χ1n) is 6.24. The van der Waals surface area contributed by atoms with Crippen LogP contribution < -0.4 is 0 Å². The van der Waals surface area contributed by atoms with Gasteiger partial charge in [-0.05, 0) is 54.1 Å². The second-order valence-electron chi connectivity index (χ2n) is 4.10. The number of ether oxygens (including phenoxy) is 3. The maximum atomic E-state index is 11.4. The van der Waals surface area contributed by atoms with Crippen molar-refractivity contribution in [1.29, 1.82) is 0 Å². The van der Waals surface area contributed by atoms with E-state index in [1.54, 1.807) is 13.8 Å². The maximum Gasteiger partial charge on any atom is 0.508 e. The van der Waals surface area contributed by atoms with Gasteiger partial charge in [0, 0.05) is 3.57 Å². The van der Waals surface area contributed by atoms with Crippen LogP contribution in [0.4, 0.5) is 4.79 Å². The SMILES string of the molecule is CCOC(=O)C[C@H](C)OC(=O)OCc1ccc(I)cc1. The van der Waals surface area contributed by atoms with Gasteiger partial charge in [0.05, 0.1) is 13.0 Å². The molecule has 0 aromatic heterocycles. The van der Waals surface area contributed by atoms with E-state index >= 15 is 0 Å².